The summed E-state index contributed by atoms with van der Waals surface area (Å²) in [4.78, 5) is 17.2. The van der Waals surface area contributed by atoms with E-state index in [1.54, 1.807) is 17.5 Å². The van der Waals surface area contributed by atoms with Gasteiger partial charge in [0.15, 0.2) is 5.13 Å². The maximum absolute atomic E-state index is 4.80. The van der Waals surface area contributed by atoms with Gasteiger partial charge in [0.1, 0.15) is 5.82 Å². The van der Waals surface area contributed by atoms with E-state index in [0.29, 0.717) is 12.0 Å². The van der Waals surface area contributed by atoms with Crippen molar-refractivity contribution in [1.29, 1.82) is 0 Å². The molecule has 1 saturated carbocycles. The van der Waals surface area contributed by atoms with Crippen molar-refractivity contribution in [2.24, 2.45) is 0 Å². The molecular formula is C16H17N7S. The van der Waals surface area contributed by atoms with Gasteiger partial charge in [-0.1, -0.05) is 0 Å². The van der Waals surface area contributed by atoms with Crippen molar-refractivity contribution in [3.8, 4) is 11.3 Å². The number of thiazole rings is 1. The van der Waals surface area contributed by atoms with Gasteiger partial charge in [-0.2, -0.15) is 5.10 Å². The number of aryl methyl sites for hydroxylation is 1. The molecule has 0 unspecified atom stereocenters. The monoisotopic (exact) mass is 339 g/mol. The minimum Gasteiger partial charge on any atom is -0.353 e. The number of anilines is 3. The molecule has 0 aromatic carbocycles. The normalized spacial score (nSPS) is 16.5. The van der Waals surface area contributed by atoms with Crippen molar-refractivity contribution in [2.45, 2.75) is 32.2 Å². The van der Waals surface area contributed by atoms with Crippen LogP contribution in [0.5, 0.6) is 0 Å². The average Bonchev–Trinajstić information content (AvgIpc) is 3.18. The smallest absolute Gasteiger partial charge is 0.229 e. The van der Waals surface area contributed by atoms with Crippen molar-refractivity contribution >= 4 is 28.2 Å². The van der Waals surface area contributed by atoms with Crippen LogP contribution in [0.1, 0.15) is 23.4 Å². The van der Waals surface area contributed by atoms with Crippen LogP contribution in [0, 0.1) is 6.92 Å². The number of aromatic nitrogens is 5. The van der Waals surface area contributed by atoms with E-state index in [2.05, 4.69) is 30.4 Å². The second-order valence-electron chi connectivity index (χ2n) is 6.24. The number of nitrogens with one attached hydrogen (secondary N) is 2. The molecule has 5 rings (SSSR count). The summed E-state index contributed by atoms with van der Waals surface area (Å²) in [5.74, 6) is 1.70. The summed E-state index contributed by atoms with van der Waals surface area (Å²) in [5, 5.41) is 11.5. The molecule has 4 heterocycles. The minimum atomic E-state index is 0.589. The first kappa shape index (κ1) is 13.9. The molecule has 8 heteroatoms. The predicted molar refractivity (Wildman–Crippen MR) is 93.8 cm³/mol. The summed E-state index contributed by atoms with van der Waals surface area (Å²) in [5.41, 5.74) is 3.06. The van der Waals surface area contributed by atoms with Crippen molar-refractivity contribution in [3.05, 3.63) is 29.0 Å². The van der Waals surface area contributed by atoms with Crippen LogP contribution in [0.15, 0.2) is 18.5 Å². The number of hydrogen-bond donors (Lipinski definition) is 2. The van der Waals surface area contributed by atoms with Crippen LogP contribution in [0.25, 0.3) is 11.3 Å². The summed E-state index contributed by atoms with van der Waals surface area (Å²) >= 11 is 1.68. The average molecular weight is 339 g/mol. The first-order valence-electron chi connectivity index (χ1n) is 8.15. The summed E-state index contributed by atoms with van der Waals surface area (Å²) in [6, 6.07) is 2.54. The number of aromatic amines is 1. The van der Waals surface area contributed by atoms with E-state index < -0.39 is 0 Å². The Labute approximate surface area is 143 Å². The van der Waals surface area contributed by atoms with Gasteiger partial charge in [-0.3, -0.25) is 5.10 Å². The van der Waals surface area contributed by atoms with Crippen LogP contribution < -0.4 is 10.2 Å². The summed E-state index contributed by atoms with van der Waals surface area (Å²) in [6.07, 6.45) is 7.20. The van der Waals surface area contributed by atoms with E-state index in [1.165, 1.54) is 17.7 Å². The van der Waals surface area contributed by atoms with E-state index in [0.717, 1.165) is 40.9 Å². The quantitative estimate of drug-likeness (QED) is 0.763. The van der Waals surface area contributed by atoms with Gasteiger partial charge in [-0.25, -0.2) is 15.0 Å². The van der Waals surface area contributed by atoms with E-state index in [1.807, 2.05) is 19.2 Å². The van der Waals surface area contributed by atoms with E-state index in [-0.39, 0.29) is 0 Å². The fourth-order valence-electron chi connectivity index (χ4n) is 3.15. The van der Waals surface area contributed by atoms with E-state index in [9.17, 15) is 0 Å². The lowest BCUT2D eigenvalue weighted by Gasteiger charge is -2.21. The fourth-order valence-corrected chi connectivity index (χ4v) is 4.10. The Morgan fingerprint density at radius 3 is 3.08 bits per heavy atom. The Bertz CT molecular complexity index is 895. The third kappa shape index (κ3) is 2.34. The zero-order valence-corrected chi connectivity index (χ0v) is 14.1. The maximum Gasteiger partial charge on any atom is 0.229 e. The van der Waals surface area contributed by atoms with Gasteiger partial charge >= 0.3 is 0 Å². The molecule has 1 fully saturated rings. The van der Waals surface area contributed by atoms with Crippen LogP contribution in [0.4, 0.5) is 16.9 Å². The fraction of sp³-hybridized carbons (Fsp3) is 0.375. The first-order chi connectivity index (χ1) is 11.8. The molecule has 3 aromatic heterocycles. The second kappa shape index (κ2) is 5.27. The van der Waals surface area contributed by atoms with Crippen molar-refractivity contribution in [2.75, 3.05) is 16.8 Å². The molecule has 0 radical (unpaired) electrons. The third-order valence-corrected chi connectivity index (χ3v) is 5.47. The standard InChI is InChI=1S/C16H17N7S/c1-9-4-6-17-15(19-9)21-16-20-13-11-8-18-22-14(11)23(10-2-3-10)7-5-12(13)24-16/h4,6,8,10H,2-3,5,7H2,1H3,(H,18,22)(H,17,19,20,21). The molecule has 7 nitrogen and oxygen atoms in total. The second-order valence-corrected chi connectivity index (χ2v) is 7.33. The largest absolute Gasteiger partial charge is 0.353 e. The highest BCUT2D eigenvalue weighted by atomic mass is 32.1. The third-order valence-electron chi connectivity index (χ3n) is 4.44. The van der Waals surface area contributed by atoms with Crippen molar-refractivity contribution in [3.63, 3.8) is 0 Å². The van der Waals surface area contributed by atoms with Crippen LogP contribution in [0.3, 0.4) is 0 Å². The Hall–Kier alpha value is -2.48. The lowest BCUT2D eigenvalue weighted by Crippen LogP contribution is -2.27. The van der Waals surface area contributed by atoms with Crippen molar-refractivity contribution < 1.29 is 0 Å². The number of rotatable bonds is 3. The first-order valence-corrected chi connectivity index (χ1v) is 8.96. The SMILES string of the molecule is Cc1ccnc(Nc2nc3c(s2)CCN(C2CC2)c2[nH]ncc2-3)n1. The molecule has 0 atom stereocenters. The topological polar surface area (TPSA) is 82.6 Å². The zero-order valence-electron chi connectivity index (χ0n) is 13.3. The highest BCUT2D eigenvalue weighted by Gasteiger charge is 2.34. The Morgan fingerprint density at radius 1 is 1.33 bits per heavy atom. The molecule has 0 amide bonds. The molecule has 0 bridgehead atoms. The van der Waals surface area contributed by atoms with Gasteiger partial charge in [0.2, 0.25) is 5.95 Å². The van der Waals surface area contributed by atoms with Gasteiger partial charge in [0, 0.05) is 35.8 Å². The van der Waals surface area contributed by atoms with Gasteiger partial charge in [-0.15, -0.1) is 11.3 Å². The van der Waals surface area contributed by atoms with Gasteiger partial charge in [0.25, 0.3) is 0 Å². The van der Waals surface area contributed by atoms with Crippen LogP contribution in [-0.2, 0) is 6.42 Å². The number of H-pyrrole nitrogens is 1. The molecule has 24 heavy (non-hydrogen) atoms. The summed E-state index contributed by atoms with van der Waals surface area (Å²) in [6.45, 7) is 2.96. The van der Waals surface area contributed by atoms with Crippen LogP contribution in [0.2, 0.25) is 0 Å². The predicted octanol–water partition coefficient (Wildman–Crippen LogP) is 2.90. The van der Waals surface area contributed by atoms with Crippen molar-refractivity contribution in [1.82, 2.24) is 25.1 Å². The molecule has 2 aliphatic rings. The maximum atomic E-state index is 4.80. The molecule has 3 aromatic rings. The number of nitrogens with zero attached hydrogens (tertiary/aromatic N) is 5. The highest BCUT2D eigenvalue weighted by molar-refractivity contribution is 7.16. The summed E-state index contributed by atoms with van der Waals surface area (Å²) in [7, 11) is 0. The molecule has 0 spiro atoms. The summed E-state index contributed by atoms with van der Waals surface area (Å²) < 4.78 is 0. The number of hydrogen-bond acceptors (Lipinski definition) is 7. The number of fused-ring (bicyclic) bond motifs is 3. The molecule has 0 saturated heterocycles. The zero-order chi connectivity index (χ0) is 16.1. The molecule has 122 valence electrons. The van der Waals surface area contributed by atoms with Gasteiger partial charge in [0.05, 0.1) is 17.5 Å². The molecule has 1 aliphatic heterocycles. The lowest BCUT2D eigenvalue weighted by atomic mass is 10.2. The van der Waals surface area contributed by atoms with Crippen LogP contribution in [-0.4, -0.2) is 37.7 Å². The van der Waals surface area contributed by atoms with E-state index >= 15 is 0 Å². The van der Waals surface area contributed by atoms with Crippen LogP contribution >= 0.6 is 11.3 Å². The Kier molecular flexibility index (Phi) is 3.05. The Balaban J connectivity index is 1.50. The molecule has 2 N–H and O–H groups in total. The highest BCUT2D eigenvalue weighted by Crippen LogP contribution is 2.42. The van der Waals surface area contributed by atoms with E-state index in [4.69, 9.17) is 4.98 Å². The van der Waals surface area contributed by atoms with Gasteiger partial charge < -0.3 is 10.2 Å². The molecule has 1 aliphatic carbocycles. The Morgan fingerprint density at radius 2 is 2.25 bits per heavy atom. The lowest BCUT2D eigenvalue weighted by molar-refractivity contribution is 0.771. The minimum absolute atomic E-state index is 0.589. The van der Waals surface area contributed by atoms with Gasteiger partial charge in [-0.05, 0) is 25.8 Å². The molecular weight excluding hydrogens is 322 g/mol.